The molecule has 12 heteroatoms. The van der Waals surface area contributed by atoms with Crippen molar-refractivity contribution in [3.8, 4) is 11.5 Å². The first-order valence-corrected chi connectivity index (χ1v) is 11.2. The summed E-state index contributed by atoms with van der Waals surface area (Å²) in [7, 11) is 1.43. The maximum atomic E-state index is 11.7. The molecule has 0 atom stereocenters. The third-order valence-electron chi connectivity index (χ3n) is 4.45. The van der Waals surface area contributed by atoms with Crippen molar-refractivity contribution in [1.82, 2.24) is 24.4 Å². The molecule has 2 aromatic heterocycles. The number of hydrogen-bond donors (Lipinski definition) is 3. The fraction of sp³-hybridized carbons (Fsp3) is 0.471. The highest BCUT2D eigenvalue weighted by atomic mass is 32.2. The fourth-order valence-electron chi connectivity index (χ4n) is 2.89. The summed E-state index contributed by atoms with van der Waals surface area (Å²) in [6.45, 7) is 2.82. The molecule has 2 aliphatic rings. The SMILES string of the molecule is CNC(=O)c1nc2n(c(=O)c1O)CCSC2.Cc1nc2n(c(=O)c1O)CCSC2. The first-order chi connectivity index (χ1) is 13.8. The third kappa shape index (κ3) is 4.27. The molecular formula is C17H21N5O5S2. The molecule has 0 aromatic carbocycles. The van der Waals surface area contributed by atoms with Crippen molar-refractivity contribution in [3.63, 3.8) is 0 Å². The summed E-state index contributed by atoms with van der Waals surface area (Å²) in [5, 5.41) is 21.3. The van der Waals surface area contributed by atoms with Crippen LogP contribution in [0.2, 0.25) is 0 Å². The lowest BCUT2D eigenvalue weighted by atomic mass is 10.3. The maximum absolute atomic E-state index is 11.7. The minimum absolute atomic E-state index is 0.193. The van der Waals surface area contributed by atoms with Crippen LogP contribution in [-0.2, 0) is 24.6 Å². The topological polar surface area (TPSA) is 139 Å². The number of fused-ring (bicyclic) bond motifs is 2. The van der Waals surface area contributed by atoms with E-state index in [-0.39, 0.29) is 17.0 Å². The molecule has 3 N–H and O–H groups in total. The largest absolute Gasteiger partial charge is 0.502 e. The van der Waals surface area contributed by atoms with Gasteiger partial charge in [0.05, 0.1) is 17.2 Å². The Morgan fingerprint density at radius 2 is 1.48 bits per heavy atom. The highest BCUT2D eigenvalue weighted by molar-refractivity contribution is 7.98. The molecule has 0 saturated carbocycles. The summed E-state index contributed by atoms with van der Waals surface area (Å²) < 4.78 is 2.97. The van der Waals surface area contributed by atoms with E-state index in [1.807, 2.05) is 0 Å². The molecule has 0 spiro atoms. The van der Waals surface area contributed by atoms with Gasteiger partial charge in [-0.05, 0) is 6.92 Å². The van der Waals surface area contributed by atoms with Gasteiger partial charge in [-0.15, -0.1) is 0 Å². The standard InChI is InChI=1S/C9H11N3O3S.C8H10N2O2S/c1-10-8(14)6-7(13)9(15)12-2-3-16-4-5(12)11-6;1-5-7(11)8(12)10-2-3-13-4-6(10)9-5/h13H,2-4H2,1H3,(H,10,14);11H,2-4H2,1H3. The minimum atomic E-state index is -0.574. The quantitative estimate of drug-likeness (QED) is 0.563. The van der Waals surface area contributed by atoms with Gasteiger partial charge in [-0.3, -0.25) is 23.5 Å². The van der Waals surface area contributed by atoms with Crippen LogP contribution in [0.3, 0.4) is 0 Å². The smallest absolute Gasteiger partial charge is 0.296 e. The Bertz CT molecular complexity index is 1070. The van der Waals surface area contributed by atoms with Crippen molar-refractivity contribution in [1.29, 1.82) is 0 Å². The Morgan fingerprint density at radius 3 is 2.03 bits per heavy atom. The number of rotatable bonds is 1. The number of aromatic nitrogens is 4. The second-order valence-electron chi connectivity index (χ2n) is 6.29. The summed E-state index contributed by atoms with van der Waals surface area (Å²) in [6.07, 6.45) is 0. The van der Waals surface area contributed by atoms with Gasteiger partial charge in [0.2, 0.25) is 11.5 Å². The normalized spacial score (nSPS) is 14.8. The molecule has 29 heavy (non-hydrogen) atoms. The number of aryl methyl sites for hydroxylation is 1. The zero-order chi connectivity index (χ0) is 21.1. The van der Waals surface area contributed by atoms with Crippen molar-refractivity contribution in [2.24, 2.45) is 0 Å². The van der Waals surface area contributed by atoms with Crippen LogP contribution in [0.5, 0.6) is 11.5 Å². The molecule has 10 nitrogen and oxygen atoms in total. The zero-order valence-electron chi connectivity index (χ0n) is 16.0. The molecule has 2 aliphatic heterocycles. The Balaban J connectivity index is 0.000000169. The molecule has 0 fully saturated rings. The van der Waals surface area contributed by atoms with E-state index in [0.29, 0.717) is 30.4 Å². The number of aromatic hydroxyl groups is 2. The van der Waals surface area contributed by atoms with Crippen LogP contribution >= 0.6 is 23.5 Å². The number of amides is 1. The van der Waals surface area contributed by atoms with E-state index in [9.17, 15) is 24.6 Å². The van der Waals surface area contributed by atoms with Crippen LogP contribution in [0, 0.1) is 6.92 Å². The van der Waals surface area contributed by atoms with E-state index in [4.69, 9.17) is 0 Å². The lowest BCUT2D eigenvalue weighted by Crippen LogP contribution is -2.32. The summed E-state index contributed by atoms with van der Waals surface area (Å²) in [4.78, 5) is 42.8. The summed E-state index contributed by atoms with van der Waals surface area (Å²) in [5.74, 6) is 3.05. The van der Waals surface area contributed by atoms with Gasteiger partial charge in [-0.25, -0.2) is 9.97 Å². The average molecular weight is 440 g/mol. The summed E-state index contributed by atoms with van der Waals surface area (Å²) >= 11 is 3.40. The number of thioether (sulfide) groups is 2. The van der Waals surface area contributed by atoms with Crippen LogP contribution in [0.25, 0.3) is 0 Å². The molecule has 156 valence electrons. The number of carbonyl (C=O) groups excluding carboxylic acids is 1. The first-order valence-electron chi connectivity index (χ1n) is 8.84. The average Bonchev–Trinajstić information content (AvgIpc) is 2.74. The highest BCUT2D eigenvalue weighted by Gasteiger charge is 2.22. The lowest BCUT2D eigenvalue weighted by molar-refractivity contribution is 0.0954. The second kappa shape index (κ2) is 8.91. The van der Waals surface area contributed by atoms with Crippen molar-refractivity contribution in [2.75, 3.05) is 18.6 Å². The molecule has 0 unspecified atom stereocenters. The lowest BCUT2D eigenvalue weighted by Gasteiger charge is -2.17. The molecule has 0 aliphatic carbocycles. The predicted molar refractivity (Wildman–Crippen MR) is 111 cm³/mol. The van der Waals surface area contributed by atoms with Crippen molar-refractivity contribution in [2.45, 2.75) is 31.5 Å². The summed E-state index contributed by atoms with van der Waals surface area (Å²) in [6, 6.07) is 0. The van der Waals surface area contributed by atoms with Gasteiger partial charge in [0.25, 0.3) is 17.0 Å². The first kappa shape index (κ1) is 21.2. The Kier molecular flexibility index (Phi) is 6.52. The van der Waals surface area contributed by atoms with Gasteiger partial charge in [0.1, 0.15) is 11.6 Å². The Morgan fingerprint density at radius 1 is 0.966 bits per heavy atom. The van der Waals surface area contributed by atoms with Gasteiger partial charge >= 0.3 is 0 Å². The van der Waals surface area contributed by atoms with E-state index in [1.165, 1.54) is 11.6 Å². The maximum Gasteiger partial charge on any atom is 0.296 e. The van der Waals surface area contributed by atoms with Crippen LogP contribution in [0.15, 0.2) is 9.59 Å². The van der Waals surface area contributed by atoms with Gasteiger partial charge < -0.3 is 15.5 Å². The molecule has 2 aromatic rings. The van der Waals surface area contributed by atoms with Crippen LogP contribution in [0.1, 0.15) is 27.8 Å². The van der Waals surface area contributed by atoms with Crippen molar-refractivity contribution < 1.29 is 15.0 Å². The Labute approximate surface area is 174 Å². The molecule has 0 bridgehead atoms. The van der Waals surface area contributed by atoms with Crippen LogP contribution in [0.4, 0.5) is 0 Å². The van der Waals surface area contributed by atoms with Crippen molar-refractivity contribution in [3.05, 3.63) is 43.7 Å². The predicted octanol–water partition coefficient (Wildman–Crippen LogP) is 0.0594. The molecule has 0 radical (unpaired) electrons. The van der Waals surface area contributed by atoms with Gasteiger partial charge in [-0.2, -0.15) is 23.5 Å². The number of hydrogen-bond acceptors (Lipinski definition) is 9. The second-order valence-corrected chi connectivity index (χ2v) is 8.50. The van der Waals surface area contributed by atoms with Gasteiger partial charge in [0.15, 0.2) is 5.69 Å². The zero-order valence-corrected chi connectivity index (χ0v) is 17.6. The van der Waals surface area contributed by atoms with E-state index in [1.54, 1.807) is 35.0 Å². The molecule has 4 rings (SSSR count). The van der Waals surface area contributed by atoms with Crippen LogP contribution in [-0.4, -0.2) is 53.8 Å². The molecule has 0 saturated heterocycles. The number of carbonyl (C=O) groups is 1. The number of nitrogens with one attached hydrogen (secondary N) is 1. The Hall–Kier alpha value is -2.47. The molecule has 1 amide bonds. The number of nitrogens with zero attached hydrogens (tertiary/aromatic N) is 4. The van der Waals surface area contributed by atoms with E-state index < -0.39 is 17.2 Å². The minimum Gasteiger partial charge on any atom is -0.502 e. The third-order valence-corrected chi connectivity index (χ3v) is 6.31. The van der Waals surface area contributed by atoms with E-state index in [2.05, 4.69) is 15.3 Å². The van der Waals surface area contributed by atoms with E-state index in [0.717, 1.165) is 23.1 Å². The molecule has 4 heterocycles. The highest BCUT2D eigenvalue weighted by Crippen LogP contribution is 2.19. The molecular weight excluding hydrogens is 418 g/mol. The monoisotopic (exact) mass is 439 g/mol. The van der Waals surface area contributed by atoms with Gasteiger partial charge in [0, 0.05) is 31.6 Å². The summed E-state index contributed by atoms with van der Waals surface area (Å²) in [5.41, 5.74) is -0.605. The van der Waals surface area contributed by atoms with Crippen molar-refractivity contribution >= 4 is 29.4 Å². The van der Waals surface area contributed by atoms with E-state index >= 15 is 0 Å². The van der Waals surface area contributed by atoms with Gasteiger partial charge in [-0.1, -0.05) is 0 Å². The van der Waals surface area contributed by atoms with Crippen LogP contribution < -0.4 is 16.4 Å². The fourth-order valence-corrected chi connectivity index (χ4v) is 4.61.